The van der Waals surface area contributed by atoms with Gasteiger partial charge in [0.15, 0.2) is 0 Å². The molecule has 0 radical (unpaired) electrons. The first-order valence-corrected chi connectivity index (χ1v) is 13.4. The van der Waals surface area contributed by atoms with Crippen LogP contribution in [0, 0.1) is 11.3 Å². The van der Waals surface area contributed by atoms with Crippen LogP contribution >= 0.6 is 11.6 Å². The first-order chi connectivity index (χ1) is 15.9. The van der Waals surface area contributed by atoms with E-state index in [1.165, 1.54) is 0 Å². The van der Waals surface area contributed by atoms with Gasteiger partial charge in [-0.1, -0.05) is 37.6 Å². The molecule has 9 heteroatoms. The predicted molar refractivity (Wildman–Crippen MR) is 136 cm³/mol. The number of amides is 1. The Kier molecular flexibility index (Phi) is 7.23. The molecule has 1 saturated carbocycles. The SMILES string of the molecule is CC(C)(C)OC(=O)N(C(C)(C)C)S(=O)(=O)c1ccc([C@@H]2[C@@H](COc3ccc(Cl)cn3)C2(C)C)cc1. The van der Waals surface area contributed by atoms with Crippen molar-refractivity contribution < 1.29 is 22.7 Å². The van der Waals surface area contributed by atoms with Gasteiger partial charge >= 0.3 is 6.09 Å². The smallest absolute Gasteiger partial charge is 0.424 e. The number of benzene rings is 1. The molecule has 1 aromatic carbocycles. The number of carbonyl (C=O) groups is 1. The van der Waals surface area contributed by atoms with Crippen molar-refractivity contribution in [3.05, 3.63) is 53.2 Å². The zero-order valence-corrected chi connectivity index (χ0v) is 23.2. The summed E-state index contributed by atoms with van der Waals surface area (Å²) in [5, 5.41) is 0.550. The van der Waals surface area contributed by atoms with Gasteiger partial charge in [0.25, 0.3) is 10.0 Å². The summed E-state index contributed by atoms with van der Waals surface area (Å²) in [6.45, 7) is 14.9. The minimum absolute atomic E-state index is 0.0131. The third-order valence-electron chi connectivity index (χ3n) is 6.11. The highest BCUT2D eigenvalue weighted by Crippen LogP contribution is 2.64. The summed E-state index contributed by atoms with van der Waals surface area (Å²) in [6, 6.07) is 10.2. The van der Waals surface area contributed by atoms with E-state index in [-0.39, 0.29) is 22.1 Å². The summed E-state index contributed by atoms with van der Waals surface area (Å²) in [4.78, 5) is 17.1. The van der Waals surface area contributed by atoms with Crippen LogP contribution in [0.5, 0.6) is 5.88 Å². The molecule has 1 heterocycles. The second kappa shape index (κ2) is 9.28. The van der Waals surface area contributed by atoms with Crippen molar-refractivity contribution in [1.82, 2.24) is 9.29 Å². The molecule has 0 N–H and O–H groups in total. The van der Waals surface area contributed by atoms with Crippen molar-refractivity contribution in [2.45, 2.75) is 77.3 Å². The van der Waals surface area contributed by atoms with Crippen molar-refractivity contribution in [3.63, 3.8) is 0 Å². The molecule has 0 spiro atoms. The molecule has 1 aliphatic carbocycles. The van der Waals surface area contributed by atoms with E-state index in [0.29, 0.717) is 17.5 Å². The minimum Gasteiger partial charge on any atom is -0.477 e. The molecule has 35 heavy (non-hydrogen) atoms. The van der Waals surface area contributed by atoms with E-state index in [1.54, 1.807) is 72.0 Å². The molecular weight excluding hydrogens is 488 g/mol. The number of carbonyl (C=O) groups excluding carboxylic acids is 1. The maximum Gasteiger partial charge on any atom is 0.424 e. The van der Waals surface area contributed by atoms with Crippen molar-refractivity contribution in [3.8, 4) is 5.88 Å². The number of halogens is 1. The van der Waals surface area contributed by atoms with Crippen LogP contribution in [0.25, 0.3) is 0 Å². The zero-order chi connectivity index (χ0) is 26.4. The van der Waals surface area contributed by atoms with E-state index in [0.717, 1.165) is 9.87 Å². The summed E-state index contributed by atoms with van der Waals surface area (Å²) in [6.07, 6.45) is 0.648. The third-order valence-corrected chi connectivity index (χ3v) is 8.38. The highest BCUT2D eigenvalue weighted by molar-refractivity contribution is 7.89. The molecule has 1 aromatic heterocycles. The Morgan fingerprint density at radius 1 is 1.06 bits per heavy atom. The van der Waals surface area contributed by atoms with E-state index in [4.69, 9.17) is 21.1 Å². The summed E-state index contributed by atoms with van der Waals surface area (Å²) < 4.78 is 39.0. The van der Waals surface area contributed by atoms with Crippen LogP contribution in [0.15, 0.2) is 47.5 Å². The average molecular weight is 523 g/mol. The van der Waals surface area contributed by atoms with E-state index in [9.17, 15) is 13.2 Å². The number of aromatic nitrogens is 1. The lowest BCUT2D eigenvalue weighted by molar-refractivity contribution is 0.0282. The molecule has 1 fully saturated rings. The molecule has 1 aliphatic rings. The van der Waals surface area contributed by atoms with E-state index >= 15 is 0 Å². The van der Waals surface area contributed by atoms with Gasteiger partial charge in [0.05, 0.1) is 22.1 Å². The Bertz CT molecular complexity index is 1160. The summed E-state index contributed by atoms with van der Waals surface area (Å²) in [5.74, 6) is 0.966. The predicted octanol–water partition coefficient (Wildman–Crippen LogP) is 6.28. The topological polar surface area (TPSA) is 85.8 Å². The summed E-state index contributed by atoms with van der Waals surface area (Å²) >= 11 is 5.88. The fourth-order valence-corrected chi connectivity index (χ4v) is 6.09. The Morgan fingerprint density at radius 2 is 1.66 bits per heavy atom. The lowest BCUT2D eigenvalue weighted by Crippen LogP contribution is -2.51. The molecule has 2 atom stereocenters. The van der Waals surface area contributed by atoms with Gasteiger partial charge in [-0.3, -0.25) is 0 Å². The van der Waals surface area contributed by atoms with Crippen molar-refractivity contribution in [2.24, 2.45) is 11.3 Å². The molecule has 2 aromatic rings. The van der Waals surface area contributed by atoms with Gasteiger partial charge in [-0.15, -0.1) is 0 Å². The number of ether oxygens (including phenoxy) is 2. The van der Waals surface area contributed by atoms with Crippen molar-refractivity contribution >= 4 is 27.7 Å². The third kappa shape index (κ3) is 6.09. The normalized spacial score (nSPS) is 19.7. The number of sulfonamides is 1. The Hall–Kier alpha value is -2.32. The lowest BCUT2D eigenvalue weighted by Gasteiger charge is -2.35. The number of pyridine rings is 1. The van der Waals surface area contributed by atoms with E-state index in [2.05, 4.69) is 18.8 Å². The van der Waals surface area contributed by atoms with Gasteiger partial charge in [-0.05, 0) is 76.6 Å². The van der Waals surface area contributed by atoms with Crippen LogP contribution in [0.1, 0.15) is 66.9 Å². The van der Waals surface area contributed by atoms with Crippen LogP contribution in [-0.2, 0) is 14.8 Å². The molecule has 0 bridgehead atoms. The summed E-state index contributed by atoms with van der Waals surface area (Å²) in [5.41, 5.74) is -0.820. The largest absolute Gasteiger partial charge is 0.477 e. The second-order valence-electron chi connectivity index (χ2n) is 11.5. The highest BCUT2D eigenvalue weighted by atomic mass is 35.5. The van der Waals surface area contributed by atoms with Crippen LogP contribution in [0.4, 0.5) is 4.79 Å². The molecule has 7 nitrogen and oxygen atoms in total. The molecular formula is C26H35ClN2O5S. The highest BCUT2D eigenvalue weighted by Gasteiger charge is 2.58. The van der Waals surface area contributed by atoms with Gasteiger partial charge in [0.2, 0.25) is 5.88 Å². The molecule has 0 unspecified atom stereocenters. The van der Waals surface area contributed by atoms with Gasteiger partial charge in [-0.2, -0.15) is 4.31 Å². The van der Waals surface area contributed by atoms with Crippen molar-refractivity contribution in [2.75, 3.05) is 6.61 Å². The molecule has 3 rings (SSSR count). The Morgan fingerprint density at radius 3 is 2.14 bits per heavy atom. The number of nitrogens with zero attached hydrogens (tertiary/aromatic N) is 2. The maximum atomic E-state index is 13.5. The fraction of sp³-hybridized carbons (Fsp3) is 0.538. The Balaban J connectivity index is 1.79. The van der Waals surface area contributed by atoms with Gasteiger partial charge < -0.3 is 9.47 Å². The van der Waals surface area contributed by atoms with Crippen LogP contribution in [0.2, 0.25) is 5.02 Å². The molecule has 192 valence electrons. The first kappa shape index (κ1) is 27.3. The lowest BCUT2D eigenvalue weighted by atomic mass is 10.0. The standard InChI is InChI=1S/C26H35ClN2O5S/c1-24(2,3)29(23(30)34-25(4,5)6)35(31,32)19-12-9-17(10-13-19)22-20(26(22,7)8)16-33-21-14-11-18(27)15-28-21/h9-15,20,22H,16H2,1-8H3/t20-,22-/m1/s1. The average Bonchev–Trinajstić information content (AvgIpc) is 3.25. The van der Waals surface area contributed by atoms with Crippen LogP contribution < -0.4 is 4.74 Å². The van der Waals surface area contributed by atoms with E-state index in [1.807, 2.05) is 12.1 Å². The number of hydrogen-bond donors (Lipinski definition) is 0. The maximum absolute atomic E-state index is 13.5. The second-order valence-corrected chi connectivity index (χ2v) is 13.7. The molecule has 1 amide bonds. The van der Waals surface area contributed by atoms with E-state index < -0.39 is 27.3 Å². The number of rotatable bonds is 6. The Labute approximate surface area is 213 Å². The van der Waals surface area contributed by atoms with Gasteiger partial charge in [0, 0.05) is 18.2 Å². The van der Waals surface area contributed by atoms with Crippen LogP contribution in [0.3, 0.4) is 0 Å². The van der Waals surface area contributed by atoms with Gasteiger partial charge in [0.1, 0.15) is 5.60 Å². The quantitative estimate of drug-likeness (QED) is 0.444. The zero-order valence-electron chi connectivity index (χ0n) is 21.6. The van der Waals surface area contributed by atoms with Crippen LogP contribution in [-0.4, -0.2) is 41.5 Å². The molecule has 0 saturated heterocycles. The number of hydrogen-bond acceptors (Lipinski definition) is 6. The minimum atomic E-state index is -4.13. The summed E-state index contributed by atoms with van der Waals surface area (Å²) in [7, 11) is -4.13. The fourth-order valence-electron chi connectivity index (χ4n) is 4.33. The van der Waals surface area contributed by atoms with Crippen molar-refractivity contribution in [1.29, 1.82) is 0 Å². The van der Waals surface area contributed by atoms with Gasteiger partial charge in [-0.25, -0.2) is 18.2 Å². The molecule has 0 aliphatic heterocycles. The monoisotopic (exact) mass is 522 g/mol. The first-order valence-electron chi connectivity index (χ1n) is 11.6.